The van der Waals surface area contributed by atoms with Crippen molar-refractivity contribution in [1.82, 2.24) is 0 Å². The number of fused-ring (bicyclic) bond motifs is 1. The van der Waals surface area contributed by atoms with E-state index < -0.39 is 0 Å². The van der Waals surface area contributed by atoms with Crippen molar-refractivity contribution < 1.29 is 14.6 Å². The van der Waals surface area contributed by atoms with Crippen LogP contribution >= 0.6 is 0 Å². The van der Waals surface area contributed by atoms with E-state index in [1.165, 1.54) is 0 Å². The first-order valence-electron chi connectivity index (χ1n) is 6.32. The molecule has 0 saturated heterocycles. The van der Waals surface area contributed by atoms with Crippen LogP contribution in [-0.2, 0) is 9.53 Å². The second-order valence-electron chi connectivity index (χ2n) is 5.66. The van der Waals surface area contributed by atoms with Gasteiger partial charge in [0.05, 0.1) is 12.2 Å². The van der Waals surface area contributed by atoms with Crippen molar-refractivity contribution in [3.63, 3.8) is 0 Å². The maximum atomic E-state index is 10.4. The minimum Gasteiger partial charge on any atom is -0.393 e. The molecular weight excluding hydrogens is 204 g/mol. The molecule has 3 heteroatoms. The predicted octanol–water partition coefficient (Wildman–Crippen LogP) is 1.78. The Morgan fingerprint density at radius 2 is 2.19 bits per heavy atom. The van der Waals surface area contributed by atoms with Crippen molar-refractivity contribution in [2.24, 2.45) is 17.3 Å². The SMILES string of the molecule is CC1CC(O)CC2CCC(OCC=O)C12C. The fourth-order valence-electron chi connectivity index (χ4n) is 3.83. The summed E-state index contributed by atoms with van der Waals surface area (Å²) in [5, 5.41) is 9.81. The van der Waals surface area contributed by atoms with E-state index in [1.807, 2.05) is 0 Å². The summed E-state index contributed by atoms with van der Waals surface area (Å²) in [7, 11) is 0. The largest absolute Gasteiger partial charge is 0.393 e. The number of aliphatic hydroxyl groups excluding tert-OH is 1. The van der Waals surface area contributed by atoms with Gasteiger partial charge in [0.2, 0.25) is 0 Å². The molecule has 0 amide bonds. The first-order valence-corrected chi connectivity index (χ1v) is 6.32. The van der Waals surface area contributed by atoms with E-state index in [0.29, 0.717) is 11.8 Å². The van der Waals surface area contributed by atoms with E-state index in [0.717, 1.165) is 32.0 Å². The number of carbonyl (C=O) groups is 1. The highest BCUT2D eigenvalue weighted by atomic mass is 16.5. The standard InChI is InChI=1S/C13H22O3/c1-9-7-11(15)8-10-3-4-12(13(9,10)2)16-6-5-14/h5,9-12,15H,3-4,6-8H2,1-2H3. The summed E-state index contributed by atoms with van der Waals surface area (Å²) in [5.41, 5.74) is 0.155. The van der Waals surface area contributed by atoms with Crippen LogP contribution in [0.5, 0.6) is 0 Å². The van der Waals surface area contributed by atoms with E-state index in [1.54, 1.807) is 0 Å². The predicted molar refractivity (Wildman–Crippen MR) is 61.0 cm³/mol. The quantitative estimate of drug-likeness (QED) is 0.746. The first-order chi connectivity index (χ1) is 7.59. The number of carbonyl (C=O) groups excluding carboxylic acids is 1. The maximum Gasteiger partial charge on any atom is 0.145 e. The lowest BCUT2D eigenvalue weighted by atomic mass is 9.61. The van der Waals surface area contributed by atoms with Gasteiger partial charge in [-0.25, -0.2) is 0 Å². The molecule has 2 saturated carbocycles. The van der Waals surface area contributed by atoms with Crippen LogP contribution in [0, 0.1) is 17.3 Å². The molecule has 0 heterocycles. The molecule has 2 aliphatic carbocycles. The van der Waals surface area contributed by atoms with Crippen molar-refractivity contribution in [2.45, 2.75) is 51.7 Å². The molecule has 0 aromatic rings. The van der Waals surface area contributed by atoms with Gasteiger partial charge in [0.25, 0.3) is 0 Å². The van der Waals surface area contributed by atoms with Gasteiger partial charge in [0, 0.05) is 0 Å². The average Bonchev–Trinajstić information content (AvgIpc) is 2.55. The normalized spacial score (nSPS) is 47.7. The summed E-state index contributed by atoms with van der Waals surface area (Å²) in [6, 6.07) is 0. The third-order valence-electron chi connectivity index (χ3n) is 4.96. The molecule has 0 aromatic heterocycles. The molecule has 2 fully saturated rings. The topological polar surface area (TPSA) is 46.5 Å². The Morgan fingerprint density at radius 1 is 1.44 bits per heavy atom. The van der Waals surface area contributed by atoms with Crippen LogP contribution in [-0.4, -0.2) is 30.2 Å². The van der Waals surface area contributed by atoms with Crippen molar-refractivity contribution in [3.8, 4) is 0 Å². The fourth-order valence-corrected chi connectivity index (χ4v) is 3.83. The van der Waals surface area contributed by atoms with Gasteiger partial charge >= 0.3 is 0 Å². The second kappa shape index (κ2) is 4.46. The zero-order valence-corrected chi connectivity index (χ0v) is 10.2. The Balaban J connectivity index is 2.11. The molecule has 0 radical (unpaired) electrons. The summed E-state index contributed by atoms with van der Waals surface area (Å²) < 4.78 is 5.68. The molecule has 0 aliphatic heterocycles. The lowest BCUT2D eigenvalue weighted by Crippen LogP contribution is -2.46. The lowest BCUT2D eigenvalue weighted by molar-refractivity contribution is -0.123. The molecule has 3 nitrogen and oxygen atoms in total. The van der Waals surface area contributed by atoms with Gasteiger partial charge in [0.1, 0.15) is 12.9 Å². The van der Waals surface area contributed by atoms with E-state index in [4.69, 9.17) is 4.74 Å². The Morgan fingerprint density at radius 3 is 2.88 bits per heavy atom. The summed E-state index contributed by atoms with van der Waals surface area (Å²) in [6.45, 7) is 4.69. The minimum atomic E-state index is -0.141. The Labute approximate surface area is 97.2 Å². The zero-order chi connectivity index (χ0) is 11.8. The monoisotopic (exact) mass is 226 g/mol. The van der Waals surface area contributed by atoms with Crippen molar-refractivity contribution in [1.29, 1.82) is 0 Å². The van der Waals surface area contributed by atoms with E-state index in [2.05, 4.69) is 13.8 Å². The Bertz CT molecular complexity index is 266. The van der Waals surface area contributed by atoms with Crippen LogP contribution in [0.4, 0.5) is 0 Å². The first kappa shape index (κ1) is 12.1. The van der Waals surface area contributed by atoms with Gasteiger partial charge in [-0.3, -0.25) is 0 Å². The molecule has 1 N–H and O–H groups in total. The molecular formula is C13H22O3. The van der Waals surface area contributed by atoms with Crippen LogP contribution in [0.25, 0.3) is 0 Å². The highest BCUT2D eigenvalue weighted by Gasteiger charge is 2.53. The van der Waals surface area contributed by atoms with Crippen LogP contribution in [0.3, 0.4) is 0 Å². The molecule has 0 aromatic carbocycles. The van der Waals surface area contributed by atoms with E-state index in [-0.39, 0.29) is 24.2 Å². The van der Waals surface area contributed by atoms with Gasteiger partial charge in [-0.2, -0.15) is 0 Å². The number of ether oxygens (including phenoxy) is 1. The summed E-state index contributed by atoms with van der Waals surface area (Å²) in [5.74, 6) is 1.03. The molecule has 2 rings (SSSR count). The van der Waals surface area contributed by atoms with Crippen molar-refractivity contribution in [2.75, 3.05) is 6.61 Å². The molecule has 5 unspecified atom stereocenters. The zero-order valence-electron chi connectivity index (χ0n) is 10.2. The number of hydrogen-bond donors (Lipinski definition) is 1. The third-order valence-corrected chi connectivity index (χ3v) is 4.96. The Kier molecular flexibility index (Phi) is 3.36. The van der Waals surface area contributed by atoms with E-state index in [9.17, 15) is 9.90 Å². The molecule has 92 valence electrons. The number of hydrogen-bond acceptors (Lipinski definition) is 3. The van der Waals surface area contributed by atoms with Gasteiger partial charge in [-0.15, -0.1) is 0 Å². The smallest absolute Gasteiger partial charge is 0.145 e. The summed E-state index contributed by atoms with van der Waals surface area (Å²) in [4.78, 5) is 10.4. The van der Waals surface area contributed by atoms with Gasteiger partial charge < -0.3 is 14.6 Å². The average molecular weight is 226 g/mol. The molecule has 0 bridgehead atoms. The molecule has 5 atom stereocenters. The third kappa shape index (κ3) is 1.80. The summed E-state index contributed by atoms with van der Waals surface area (Å²) in [6.07, 6.45) is 4.82. The fraction of sp³-hybridized carbons (Fsp3) is 0.923. The number of aliphatic hydroxyl groups is 1. The molecule has 16 heavy (non-hydrogen) atoms. The number of aldehydes is 1. The van der Waals surface area contributed by atoms with Crippen molar-refractivity contribution >= 4 is 6.29 Å². The molecule has 2 aliphatic rings. The molecule has 0 spiro atoms. The highest BCUT2D eigenvalue weighted by Crippen LogP contribution is 2.55. The van der Waals surface area contributed by atoms with Crippen LogP contribution in [0.1, 0.15) is 39.5 Å². The Hall–Kier alpha value is -0.410. The van der Waals surface area contributed by atoms with Crippen molar-refractivity contribution in [3.05, 3.63) is 0 Å². The van der Waals surface area contributed by atoms with Crippen LogP contribution in [0.2, 0.25) is 0 Å². The summed E-state index contributed by atoms with van der Waals surface area (Å²) >= 11 is 0. The highest BCUT2D eigenvalue weighted by molar-refractivity contribution is 5.50. The minimum absolute atomic E-state index is 0.141. The van der Waals surface area contributed by atoms with Crippen LogP contribution in [0.15, 0.2) is 0 Å². The van der Waals surface area contributed by atoms with Gasteiger partial charge in [-0.1, -0.05) is 13.8 Å². The van der Waals surface area contributed by atoms with Gasteiger partial charge in [-0.05, 0) is 42.9 Å². The number of rotatable bonds is 3. The lowest BCUT2D eigenvalue weighted by Gasteiger charge is -2.47. The van der Waals surface area contributed by atoms with Crippen LogP contribution < -0.4 is 0 Å². The van der Waals surface area contributed by atoms with Gasteiger partial charge in [0.15, 0.2) is 0 Å². The van der Waals surface area contributed by atoms with E-state index >= 15 is 0 Å². The maximum absolute atomic E-state index is 10.4. The second-order valence-corrected chi connectivity index (χ2v) is 5.66.